The molecular formula is C55H78ClN5O14S. The lowest BCUT2D eigenvalue weighted by Gasteiger charge is -2.42. The van der Waals surface area contributed by atoms with Crippen LogP contribution in [-0.4, -0.2) is 160 Å². The fourth-order valence-electron chi connectivity index (χ4n) is 10.6. The number of hydrogen-bond acceptors (Lipinski definition) is 15. The molecule has 0 saturated carbocycles. The number of amides is 7. The van der Waals surface area contributed by atoms with Crippen LogP contribution in [0.1, 0.15) is 131 Å². The van der Waals surface area contributed by atoms with Gasteiger partial charge in [0, 0.05) is 76.6 Å². The molecule has 19 nitrogen and oxygen atoms in total. The van der Waals surface area contributed by atoms with Gasteiger partial charge in [-0.25, -0.2) is 9.59 Å². The Morgan fingerprint density at radius 3 is 2.21 bits per heavy atom. The predicted octanol–water partition coefficient (Wildman–Crippen LogP) is 6.67. The molecule has 4 fully saturated rings. The Morgan fingerprint density at radius 2 is 1.59 bits per heavy atom. The molecule has 0 radical (unpaired) electrons. The van der Waals surface area contributed by atoms with Gasteiger partial charge in [-0.2, -0.15) is 0 Å². The van der Waals surface area contributed by atoms with Crippen LogP contribution in [0.2, 0.25) is 5.02 Å². The number of likely N-dealkylation sites (N-methyl/N-ethyl adjacent to an activating group) is 1. The van der Waals surface area contributed by atoms with E-state index in [4.69, 9.17) is 35.3 Å². The van der Waals surface area contributed by atoms with Crippen molar-refractivity contribution >= 4 is 76.6 Å². The van der Waals surface area contributed by atoms with Crippen molar-refractivity contribution in [3.8, 4) is 5.75 Å². The highest BCUT2D eigenvalue weighted by Crippen LogP contribution is 2.49. The van der Waals surface area contributed by atoms with E-state index in [2.05, 4.69) is 5.32 Å². The van der Waals surface area contributed by atoms with Crippen molar-refractivity contribution in [3.05, 3.63) is 46.5 Å². The number of nitrogens with one attached hydrogen (secondary N) is 1. The number of benzene rings is 1. The minimum Gasteiger partial charge on any atom is -0.495 e. The zero-order chi connectivity index (χ0) is 56.0. The fraction of sp³-hybridized carbons (Fsp3) is 0.673. The van der Waals surface area contributed by atoms with Gasteiger partial charge in [0.2, 0.25) is 35.4 Å². The second-order valence-corrected chi connectivity index (χ2v) is 24.3. The third-order valence-electron chi connectivity index (χ3n) is 15.6. The van der Waals surface area contributed by atoms with Crippen molar-refractivity contribution in [2.75, 3.05) is 46.3 Å². The second-order valence-electron chi connectivity index (χ2n) is 22.0. The molecule has 2 N–H and O–H groups in total. The van der Waals surface area contributed by atoms with Crippen LogP contribution in [0, 0.1) is 11.8 Å². The van der Waals surface area contributed by atoms with Crippen LogP contribution < -0.4 is 15.0 Å². The lowest BCUT2D eigenvalue weighted by molar-refractivity contribution is -0.162. The van der Waals surface area contributed by atoms with Crippen LogP contribution in [0.5, 0.6) is 5.75 Å². The van der Waals surface area contributed by atoms with E-state index in [1.807, 2.05) is 26.8 Å². The number of hydrogen-bond donors (Lipinski definition) is 2. The van der Waals surface area contributed by atoms with E-state index < -0.39 is 75.7 Å². The number of imide groups is 2. The smallest absolute Gasteiger partial charge is 0.409 e. The summed E-state index contributed by atoms with van der Waals surface area (Å²) in [5.41, 5.74) is -1.15. The topological polar surface area (TPSA) is 231 Å². The van der Waals surface area contributed by atoms with Gasteiger partial charge in [0.1, 0.15) is 40.7 Å². The van der Waals surface area contributed by atoms with Crippen LogP contribution in [0.4, 0.5) is 10.5 Å². The molecule has 0 spiro atoms. The number of ether oxygens (including phenoxy) is 5. The van der Waals surface area contributed by atoms with Crippen molar-refractivity contribution in [1.82, 2.24) is 20.0 Å². The summed E-state index contributed by atoms with van der Waals surface area (Å²) in [4.78, 5) is 112. The zero-order valence-corrected chi connectivity index (χ0v) is 47.5. The summed E-state index contributed by atoms with van der Waals surface area (Å²) >= 11 is 8.19. The quantitative estimate of drug-likeness (QED) is 0.0638. The normalized spacial score (nSPS) is 29.8. The minimum atomic E-state index is -1.88. The van der Waals surface area contributed by atoms with Crippen LogP contribution in [-0.2, 0) is 58.9 Å². The minimum absolute atomic E-state index is 0.0171. The Labute approximate surface area is 456 Å². The molecule has 10 atom stereocenters. The molecule has 5 aliphatic heterocycles. The Kier molecular flexibility index (Phi) is 20.0. The summed E-state index contributed by atoms with van der Waals surface area (Å²) in [5, 5.41) is 14.0. The third kappa shape index (κ3) is 14.2. The van der Waals surface area contributed by atoms with Crippen molar-refractivity contribution in [2.45, 2.75) is 184 Å². The van der Waals surface area contributed by atoms with Gasteiger partial charge in [-0.1, -0.05) is 88.8 Å². The molecule has 4 saturated heterocycles. The second kappa shape index (κ2) is 25.2. The molecule has 7 amide bonds. The summed E-state index contributed by atoms with van der Waals surface area (Å²) in [6, 6.07) is 2.44. The molecule has 1 aromatic carbocycles. The number of thioether (sulfide) groups is 1. The fourth-order valence-corrected chi connectivity index (χ4v) is 12.3. The largest absolute Gasteiger partial charge is 0.495 e. The lowest BCUT2D eigenvalue weighted by atomic mass is 9.83. The lowest BCUT2D eigenvalue weighted by Crippen LogP contribution is -2.63. The number of alkyl carbamates (subject to hydrolysis) is 1. The van der Waals surface area contributed by atoms with Crippen LogP contribution in [0.3, 0.4) is 0 Å². The average Bonchev–Trinajstić information content (AvgIpc) is 3.93. The van der Waals surface area contributed by atoms with Crippen LogP contribution in [0.15, 0.2) is 35.9 Å². The van der Waals surface area contributed by atoms with Crippen molar-refractivity contribution in [3.63, 3.8) is 0 Å². The molecule has 76 heavy (non-hydrogen) atoms. The maximum Gasteiger partial charge on any atom is 0.409 e. The third-order valence-corrected chi connectivity index (χ3v) is 17.5. The van der Waals surface area contributed by atoms with Crippen LogP contribution in [0.25, 0.3) is 0 Å². The van der Waals surface area contributed by atoms with Gasteiger partial charge in [0.15, 0.2) is 5.72 Å². The van der Waals surface area contributed by atoms with E-state index in [0.717, 1.165) is 43.2 Å². The van der Waals surface area contributed by atoms with Gasteiger partial charge in [-0.05, 0) is 64.2 Å². The SMILES string of the molecule is COc1cc2cc(c1Cl)N(C)C(=O)C[C@H](OC(=O)[C@H](C)N(C)C(=O)CCC(C)(C)SC1CC(=O)N(CCCCCCCCN3C(=O)CC(C)C3=O)C1=O)[C@]1(C)O[C@H]1[C@H](C)[C@@H]1C[C@@](O)(NC(=O)O1)[C@H](OC)/C=C/C=C(\C)C2. The van der Waals surface area contributed by atoms with Crippen LogP contribution >= 0.6 is 23.4 Å². The molecule has 5 heterocycles. The maximum absolute atomic E-state index is 14.4. The molecule has 0 aromatic heterocycles. The molecule has 21 heteroatoms. The van der Waals surface area contributed by atoms with E-state index in [0.29, 0.717) is 43.8 Å². The molecule has 1 aromatic rings. The van der Waals surface area contributed by atoms with Gasteiger partial charge < -0.3 is 38.6 Å². The maximum atomic E-state index is 14.4. The Morgan fingerprint density at radius 1 is 0.961 bits per heavy atom. The number of anilines is 1. The summed E-state index contributed by atoms with van der Waals surface area (Å²) in [6.45, 7) is 13.3. The first-order chi connectivity index (χ1) is 35.7. The highest BCUT2D eigenvalue weighted by Gasteiger charge is 2.64. The first-order valence-corrected chi connectivity index (χ1v) is 27.7. The van der Waals surface area contributed by atoms with Crippen molar-refractivity contribution in [2.24, 2.45) is 11.8 Å². The Bertz CT molecular complexity index is 2450. The van der Waals surface area contributed by atoms with E-state index in [1.54, 1.807) is 52.1 Å². The molecule has 2 unspecified atom stereocenters. The van der Waals surface area contributed by atoms with Crippen molar-refractivity contribution < 1.29 is 67.1 Å². The predicted molar refractivity (Wildman–Crippen MR) is 285 cm³/mol. The Hall–Kier alpha value is -5.02. The van der Waals surface area contributed by atoms with Gasteiger partial charge in [0.25, 0.3) is 0 Å². The van der Waals surface area contributed by atoms with E-state index in [9.17, 15) is 43.5 Å². The summed E-state index contributed by atoms with van der Waals surface area (Å²) in [5.74, 6) is -2.79. The molecule has 0 aliphatic carbocycles. The number of epoxide rings is 1. The molecule has 6 rings (SSSR count). The molecule has 420 valence electrons. The molecular weight excluding hydrogens is 1020 g/mol. The number of carbonyl (C=O) groups is 8. The number of nitrogens with zero attached hydrogens (tertiary/aromatic N) is 4. The number of fused-ring (bicyclic) bond motifs is 5. The number of rotatable bonds is 19. The summed E-state index contributed by atoms with van der Waals surface area (Å²) in [6.07, 6.45) is 6.13. The molecule has 4 bridgehead atoms. The number of likely N-dealkylation sites (tertiary alicyclic amines) is 2. The monoisotopic (exact) mass is 1100 g/mol. The van der Waals surface area contributed by atoms with E-state index >= 15 is 0 Å². The standard InChI is InChI=1S/C55H78ClN5O14S/c1-32-19-18-20-41(72-11)55(70)31-39(73-52(69)57-55)34(3)48-54(7,75-48)42(30-44(63)59(9)37-27-36(25-32)28-38(71-10)47(37)56)74-51(68)35(4)58(8)43(62)21-22-53(5,6)76-40-29-46(65)61(50(40)67)24-17-15-13-12-14-16-23-60-45(64)26-33(2)49(60)66/h18-20,27-28,33-35,39-42,48,70H,12-17,21-26,29-31H2,1-11H3,(H,57,69)/b20-18+,32-19+/t33?,34-,35+,39+,40?,41-,42+,48+,54+,55+/m1/s1. The van der Waals surface area contributed by atoms with Gasteiger partial charge >= 0.3 is 12.1 Å². The Balaban J connectivity index is 1.07. The zero-order valence-electron chi connectivity index (χ0n) is 45.9. The number of allylic oxidation sites excluding steroid dienone is 3. The van der Waals surface area contributed by atoms with Crippen molar-refractivity contribution in [1.29, 1.82) is 0 Å². The number of esters is 1. The number of carbonyl (C=O) groups excluding carboxylic acids is 8. The number of aliphatic hydroxyl groups is 1. The highest BCUT2D eigenvalue weighted by molar-refractivity contribution is 8.02. The first kappa shape index (κ1) is 60.2. The average molecular weight is 1100 g/mol. The van der Waals surface area contributed by atoms with Gasteiger partial charge in [-0.3, -0.25) is 43.9 Å². The van der Waals surface area contributed by atoms with Gasteiger partial charge in [0.05, 0.1) is 30.6 Å². The summed E-state index contributed by atoms with van der Waals surface area (Å²) < 4.78 is 29.0. The van der Waals surface area contributed by atoms with Gasteiger partial charge in [-0.15, -0.1) is 11.8 Å². The number of methoxy groups -OCH3 is 2. The number of halogens is 1. The molecule has 5 aliphatic rings. The first-order valence-electron chi connectivity index (χ1n) is 26.4. The van der Waals surface area contributed by atoms with E-state index in [1.165, 1.54) is 59.6 Å². The highest BCUT2D eigenvalue weighted by atomic mass is 35.5. The van der Waals surface area contributed by atoms with E-state index in [-0.39, 0.29) is 72.6 Å². The summed E-state index contributed by atoms with van der Waals surface area (Å²) in [7, 11) is 5.94. The number of unbranched alkanes of at least 4 members (excludes halogenated alkanes) is 5.